The molecular weight excluding hydrogens is 376 g/mol. The van der Waals surface area contributed by atoms with Crippen molar-refractivity contribution in [2.24, 2.45) is 0 Å². The first-order valence-electron chi connectivity index (χ1n) is 9.41. The molecule has 2 rings (SSSR count). The van der Waals surface area contributed by atoms with Crippen LogP contribution in [0.15, 0.2) is 42.5 Å². The van der Waals surface area contributed by atoms with Crippen LogP contribution in [0.3, 0.4) is 0 Å². The van der Waals surface area contributed by atoms with E-state index in [1.54, 1.807) is 24.3 Å². The van der Waals surface area contributed by atoms with E-state index in [0.717, 1.165) is 40.2 Å². The molecule has 1 amide bonds. The molecule has 7 heteroatoms. The van der Waals surface area contributed by atoms with Crippen molar-refractivity contribution in [3.05, 3.63) is 53.6 Å². The molecule has 0 aliphatic rings. The highest BCUT2D eigenvalue weighted by Crippen LogP contribution is 2.30. The Hall–Kier alpha value is -2.54. The number of rotatable bonds is 9. The summed E-state index contributed by atoms with van der Waals surface area (Å²) in [6, 6.07) is 12.7. The summed E-state index contributed by atoms with van der Waals surface area (Å²) in [4.78, 5) is 12.8. The van der Waals surface area contributed by atoms with Gasteiger partial charge in [-0.05, 0) is 43.0 Å². The molecule has 2 aromatic rings. The van der Waals surface area contributed by atoms with Crippen molar-refractivity contribution in [2.45, 2.75) is 33.6 Å². The second-order valence-electron chi connectivity index (χ2n) is 6.38. The van der Waals surface area contributed by atoms with Gasteiger partial charge in [-0.1, -0.05) is 44.2 Å². The van der Waals surface area contributed by atoms with Crippen LogP contribution in [0.2, 0.25) is 0 Å². The Kier molecular flexibility index (Phi) is 7.45. The number of hydrogen-bond acceptors (Lipinski definition) is 4. The second kappa shape index (κ2) is 9.59. The fourth-order valence-corrected chi connectivity index (χ4v) is 3.89. The van der Waals surface area contributed by atoms with Crippen LogP contribution in [0.5, 0.6) is 5.75 Å². The van der Waals surface area contributed by atoms with Gasteiger partial charge >= 0.3 is 0 Å². The van der Waals surface area contributed by atoms with Gasteiger partial charge in [-0.2, -0.15) is 0 Å². The third kappa shape index (κ3) is 5.25. The van der Waals surface area contributed by atoms with Crippen molar-refractivity contribution in [3.8, 4) is 5.75 Å². The normalized spacial score (nSPS) is 11.1. The van der Waals surface area contributed by atoms with E-state index in [4.69, 9.17) is 4.74 Å². The predicted octanol–water partition coefficient (Wildman–Crippen LogP) is 3.61. The smallest absolute Gasteiger partial charge is 0.245 e. The first-order chi connectivity index (χ1) is 13.3. The lowest BCUT2D eigenvalue weighted by atomic mass is 10.0. The molecule has 2 aromatic carbocycles. The van der Waals surface area contributed by atoms with Crippen molar-refractivity contribution >= 4 is 27.3 Å². The van der Waals surface area contributed by atoms with E-state index in [2.05, 4.69) is 5.32 Å². The zero-order chi connectivity index (χ0) is 20.7. The molecule has 0 bridgehead atoms. The fraction of sp³-hybridized carbons (Fsp3) is 0.381. The molecule has 0 spiro atoms. The number of amides is 1. The number of aryl methyl sites for hydroxylation is 2. The van der Waals surface area contributed by atoms with Gasteiger partial charge in [0.2, 0.25) is 15.9 Å². The van der Waals surface area contributed by atoms with Crippen LogP contribution < -0.4 is 14.4 Å². The first-order valence-corrected chi connectivity index (χ1v) is 11.3. The van der Waals surface area contributed by atoms with Gasteiger partial charge in [-0.25, -0.2) is 8.42 Å². The highest BCUT2D eigenvalue weighted by molar-refractivity contribution is 7.92. The summed E-state index contributed by atoms with van der Waals surface area (Å²) in [5, 5.41) is 2.92. The summed E-state index contributed by atoms with van der Waals surface area (Å²) in [5.74, 6) is 0.0266. The maximum atomic E-state index is 12.8. The lowest BCUT2D eigenvalue weighted by Gasteiger charge is -2.24. The van der Waals surface area contributed by atoms with Crippen LogP contribution in [-0.4, -0.2) is 33.7 Å². The SMILES string of the molecule is CCOc1ccccc1N(CC(=O)Nc1c(CC)cccc1CC)S(C)(=O)=O. The Morgan fingerprint density at radius 1 is 1.00 bits per heavy atom. The lowest BCUT2D eigenvalue weighted by molar-refractivity contribution is -0.114. The standard InChI is InChI=1S/C21H28N2O4S/c1-5-16-11-10-12-17(6-2)21(16)22-20(24)15-23(28(4,25)26)18-13-8-9-14-19(18)27-7-3/h8-14H,5-7,15H2,1-4H3,(H,22,24). The monoisotopic (exact) mass is 404 g/mol. The number of nitrogens with one attached hydrogen (secondary N) is 1. The number of para-hydroxylation sites is 3. The molecule has 0 atom stereocenters. The largest absolute Gasteiger partial charge is 0.492 e. The van der Waals surface area contributed by atoms with Crippen LogP contribution in [0, 0.1) is 0 Å². The van der Waals surface area contributed by atoms with E-state index in [9.17, 15) is 13.2 Å². The Labute approximate surface area is 167 Å². The van der Waals surface area contributed by atoms with Crippen molar-refractivity contribution in [1.29, 1.82) is 0 Å². The molecule has 0 heterocycles. The zero-order valence-electron chi connectivity index (χ0n) is 16.9. The van der Waals surface area contributed by atoms with Gasteiger partial charge in [0, 0.05) is 5.69 Å². The molecule has 1 N–H and O–H groups in total. The zero-order valence-corrected chi connectivity index (χ0v) is 17.7. The maximum absolute atomic E-state index is 12.8. The third-order valence-electron chi connectivity index (χ3n) is 4.38. The number of carbonyl (C=O) groups is 1. The van der Waals surface area contributed by atoms with E-state index >= 15 is 0 Å². The minimum absolute atomic E-state index is 0.329. The predicted molar refractivity (Wildman–Crippen MR) is 114 cm³/mol. The van der Waals surface area contributed by atoms with Gasteiger partial charge in [0.25, 0.3) is 0 Å². The van der Waals surface area contributed by atoms with E-state index in [0.29, 0.717) is 18.0 Å². The van der Waals surface area contributed by atoms with Gasteiger partial charge in [0.15, 0.2) is 0 Å². The number of hydrogen-bond donors (Lipinski definition) is 1. The van der Waals surface area contributed by atoms with Crippen molar-refractivity contribution in [2.75, 3.05) is 29.0 Å². The molecule has 0 unspecified atom stereocenters. The van der Waals surface area contributed by atoms with Gasteiger partial charge in [0.05, 0.1) is 18.6 Å². The maximum Gasteiger partial charge on any atom is 0.245 e. The van der Waals surface area contributed by atoms with Crippen molar-refractivity contribution in [1.82, 2.24) is 0 Å². The summed E-state index contributed by atoms with van der Waals surface area (Å²) in [5.41, 5.74) is 3.16. The fourth-order valence-electron chi connectivity index (χ4n) is 3.03. The molecule has 0 aliphatic heterocycles. The quantitative estimate of drug-likeness (QED) is 0.693. The third-order valence-corrected chi connectivity index (χ3v) is 5.51. The van der Waals surface area contributed by atoms with Gasteiger partial charge in [-0.15, -0.1) is 0 Å². The minimum atomic E-state index is -3.68. The highest BCUT2D eigenvalue weighted by Gasteiger charge is 2.24. The summed E-state index contributed by atoms with van der Waals surface area (Å²) in [6.45, 7) is 5.92. The summed E-state index contributed by atoms with van der Waals surface area (Å²) in [7, 11) is -3.68. The van der Waals surface area contributed by atoms with Gasteiger partial charge in [0.1, 0.15) is 12.3 Å². The molecule has 0 saturated heterocycles. The number of benzene rings is 2. The number of nitrogens with zero attached hydrogens (tertiary/aromatic N) is 1. The van der Waals surface area contributed by atoms with Crippen LogP contribution in [0.4, 0.5) is 11.4 Å². The number of carbonyl (C=O) groups excluding carboxylic acids is 1. The molecule has 0 fully saturated rings. The molecule has 0 aliphatic carbocycles. The Morgan fingerprint density at radius 2 is 1.61 bits per heavy atom. The van der Waals surface area contributed by atoms with Crippen LogP contribution in [0.25, 0.3) is 0 Å². The van der Waals surface area contributed by atoms with E-state index in [-0.39, 0.29) is 6.54 Å². The molecule has 0 radical (unpaired) electrons. The Morgan fingerprint density at radius 3 is 2.14 bits per heavy atom. The average Bonchev–Trinajstić information content (AvgIpc) is 2.66. The topological polar surface area (TPSA) is 75.7 Å². The van der Waals surface area contributed by atoms with Crippen molar-refractivity contribution in [3.63, 3.8) is 0 Å². The molecular formula is C21H28N2O4S. The Balaban J connectivity index is 2.34. The molecule has 28 heavy (non-hydrogen) atoms. The van der Waals surface area contributed by atoms with Gasteiger partial charge < -0.3 is 10.1 Å². The second-order valence-corrected chi connectivity index (χ2v) is 8.28. The minimum Gasteiger partial charge on any atom is -0.492 e. The highest BCUT2D eigenvalue weighted by atomic mass is 32.2. The number of sulfonamides is 1. The lowest BCUT2D eigenvalue weighted by Crippen LogP contribution is -2.38. The van der Waals surface area contributed by atoms with Crippen LogP contribution in [0.1, 0.15) is 31.9 Å². The van der Waals surface area contributed by atoms with Crippen molar-refractivity contribution < 1.29 is 17.9 Å². The molecule has 0 saturated carbocycles. The number of anilines is 2. The van der Waals surface area contributed by atoms with E-state index in [1.165, 1.54) is 0 Å². The Bertz CT molecular complexity index is 904. The summed E-state index contributed by atoms with van der Waals surface area (Å²) < 4.78 is 31.5. The average molecular weight is 405 g/mol. The van der Waals surface area contributed by atoms with E-state index < -0.39 is 15.9 Å². The molecule has 0 aromatic heterocycles. The van der Waals surface area contributed by atoms with Crippen LogP contribution >= 0.6 is 0 Å². The molecule has 152 valence electrons. The van der Waals surface area contributed by atoms with E-state index in [1.807, 2.05) is 39.0 Å². The summed E-state index contributed by atoms with van der Waals surface area (Å²) in [6.07, 6.45) is 2.62. The molecule has 6 nitrogen and oxygen atoms in total. The van der Waals surface area contributed by atoms with Gasteiger partial charge in [-0.3, -0.25) is 9.10 Å². The first kappa shape index (κ1) is 21.8. The number of ether oxygens (including phenoxy) is 1. The van der Waals surface area contributed by atoms with Crippen LogP contribution in [-0.2, 0) is 27.7 Å². The summed E-state index contributed by atoms with van der Waals surface area (Å²) >= 11 is 0.